The molecule has 3 heteroatoms. The first kappa shape index (κ1) is 12.2. The first-order chi connectivity index (χ1) is 8.72. The molecule has 2 aliphatic heterocycles. The number of hydrogen-bond donors (Lipinski definition) is 0. The third kappa shape index (κ3) is 2.45. The minimum atomic E-state index is 0.456. The Balaban J connectivity index is 1.75. The number of fused-ring (bicyclic) bond motifs is 2. The van der Waals surface area contributed by atoms with Gasteiger partial charge in [-0.3, -0.25) is 9.69 Å². The fraction of sp³-hybridized carbons (Fsp3) is 0.533. The summed E-state index contributed by atoms with van der Waals surface area (Å²) in [7, 11) is 0. The van der Waals surface area contributed by atoms with E-state index in [0.717, 1.165) is 24.4 Å². The van der Waals surface area contributed by atoms with E-state index in [2.05, 4.69) is 17.0 Å². The van der Waals surface area contributed by atoms with E-state index in [1.54, 1.807) is 0 Å². The molecule has 18 heavy (non-hydrogen) atoms. The van der Waals surface area contributed by atoms with Gasteiger partial charge in [0.25, 0.3) is 0 Å². The summed E-state index contributed by atoms with van der Waals surface area (Å²) < 4.78 is 0. The number of carbonyl (C=O) groups is 1. The Morgan fingerprint density at radius 3 is 2.33 bits per heavy atom. The van der Waals surface area contributed by atoms with Crippen molar-refractivity contribution in [1.29, 1.82) is 0 Å². The van der Waals surface area contributed by atoms with Crippen LogP contribution in [0.3, 0.4) is 0 Å². The van der Waals surface area contributed by atoms with E-state index in [0.29, 0.717) is 17.9 Å². The summed E-state index contributed by atoms with van der Waals surface area (Å²) in [5.74, 6) is 0.456. The molecule has 2 heterocycles. The molecule has 2 nitrogen and oxygen atoms in total. The number of ketones is 1. The smallest absolute Gasteiger partial charge is 0.136 e. The molecule has 0 aromatic heterocycles. The molecule has 0 amide bonds. The Labute approximate surface area is 113 Å². The van der Waals surface area contributed by atoms with Crippen molar-refractivity contribution in [3.05, 3.63) is 34.9 Å². The van der Waals surface area contributed by atoms with Gasteiger partial charge in [-0.05, 0) is 30.5 Å². The van der Waals surface area contributed by atoms with E-state index in [-0.39, 0.29) is 0 Å². The SMILES string of the molecule is O=C1CC2CCCC(C1)N2Cc1ccc(Cl)cc1. The van der Waals surface area contributed by atoms with Gasteiger partial charge in [-0.2, -0.15) is 0 Å². The Bertz CT molecular complexity index is 426. The molecule has 0 aliphatic carbocycles. The predicted molar refractivity (Wildman–Crippen MR) is 72.7 cm³/mol. The van der Waals surface area contributed by atoms with Crippen molar-refractivity contribution >= 4 is 17.4 Å². The van der Waals surface area contributed by atoms with Gasteiger partial charge in [0.15, 0.2) is 0 Å². The highest BCUT2D eigenvalue weighted by Gasteiger charge is 2.37. The lowest BCUT2D eigenvalue weighted by atomic mass is 9.83. The molecule has 3 rings (SSSR count). The van der Waals surface area contributed by atoms with Crippen molar-refractivity contribution in [2.75, 3.05) is 0 Å². The van der Waals surface area contributed by atoms with Crippen molar-refractivity contribution < 1.29 is 4.79 Å². The lowest BCUT2D eigenvalue weighted by molar-refractivity contribution is -0.127. The van der Waals surface area contributed by atoms with Gasteiger partial charge >= 0.3 is 0 Å². The largest absolute Gasteiger partial charge is 0.300 e. The highest BCUT2D eigenvalue weighted by Crippen LogP contribution is 2.33. The van der Waals surface area contributed by atoms with E-state index in [4.69, 9.17) is 11.6 Å². The van der Waals surface area contributed by atoms with Crippen LogP contribution in [0.4, 0.5) is 0 Å². The molecule has 96 valence electrons. The summed E-state index contributed by atoms with van der Waals surface area (Å²) >= 11 is 5.91. The predicted octanol–water partition coefficient (Wildman–Crippen LogP) is 3.43. The van der Waals surface area contributed by atoms with Crippen LogP contribution in [0.1, 0.15) is 37.7 Å². The Morgan fingerprint density at radius 1 is 1.11 bits per heavy atom. The zero-order chi connectivity index (χ0) is 12.5. The molecule has 0 saturated carbocycles. The lowest BCUT2D eigenvalue weighted by Gasteiger charge is -2.45. The van der Waals surface area contributed by atoms with Crippen LogP contribution in [0.25, 0.3) is 0 Å². The Hall–Kier alpha value is -0.860. The average Bonchev–Trinajstić information content (AvgIpc) is 2.33. The lowest BCUT2D eigenvalue weighted by Crippen LogP contribution is -2.51. The molecule has 0 N–H and O–H groups in total. The van der Waals surface area contributed by atoms with Gasteiger partial charge in [0.1, 0.15) is 5.78 Å². The molecule has 2 aliphatic rings. The topological polar surface area (TPSA) is 20.3 Å². The maximum Gasteiger partial charge on any atom is 0.136 e. The normalized spacial score (nSPS) is 28.4. The molecule has 1 aromatic carbocycles. The molecule has 2 atom stereocenters. The maximum atomic E-state index is 11.7. The summed E-state index contributed by atoms with van der Waals surface area (Å²) in [6, 6.07) is 9.02. The number of benzene rings is 1. The first-order valence-corrected chi connectivity index (χ1v) is 7.12. The summed E-state index contributed by atoms with van der Waals surface area (Å²) in [6.45, 7) is 0.958. The highest BCUT2D eigenvalue weighted by atomic mass is 35.5. The molecule has 1 aromatic rings. The monoisotopic (exact) mass is 263 g/mol. The molecule has 2 bridgehead atoms. The number of carbonyl (C=O) groups excluding carboxylic acids is 1. The summed E-state index contributed by atoms with van der Waals surface area (Å²) in [5.41, 5.74) is 1.30. The summed E-state index contributed by atoms with van der Waals surface area (Å²) in [4.78, 5) is 14.2. The average molecular weight is 264 g/mol. The number of nitrogens with zero attached hydrogens (tertiary/aromatic N) is 1. The summed E-state index contributed by atoms with van der Waals surface area (Å²) in [5, 5.41) is 0.785. The molecule has 2 saturated heterocycles. The van der Waals surface area contributed by atoms with Gasteiger partial charge in [0.05, 0.1) is 0 Å². The van der Waals surface area contributed by atoms with Gasteiger partial charge in [0.2, 0.25) is 0 Å². The Morgan fingerprint density at radius 2 is 1.72 bits per heavy atom. The van der Waals surface area contributed by atoms with E-state index in [9.17, 15) is 4.79 Å². The van der Waals surface area contributed by atoms with Crippen LogP contribution < -0.4 is 0 Å². The van der Waals surface area contributed by atoms with Crippen molar-refractivity contribution in [3.63, 3.8) is 0 Å². The molecule has 2 unspecified atom stereocenters. The second-order valence-electron chi connectivity index (χ2n) is 5.48. The van der Waals surface area contributed by atoms with Crippen LogP contribution in [-0.4, -0.2) is 22.8 Å². The van der Waals surface area contributed by atoms with Crippen molar-refractivity contribution in [2.45, 2.75) is 50.7 Å². The fourth-order valence-electron chi connectivity index (χ4n) is 3.33. The van der Waals surface area contributed by atoms with Gasteiger partial charge in [0, 0.05) is 36.5 Å². The number of piperidine rings is 2. The van der Waals surface area contributed by atoms with Gasteiger partial charge in [-0.25, -0.2) is 0 Å². The highest BCUT2D eigenvalue weighted by molar-refractivity contribution is 6.30. The van der Waals surface area contributed by atoms with E-state index < -0.39 is 0 Å². The second-order valence-corrected chi connectivity index (χ2v) is 5.92. The van der Waals surface area contributed by atoms with Crippen molar-refractivity contribution in [2.24, 2.45) is 0 Å². The van der Waals surface area contributed by atoms with Crippen LogP contribution in [-0.2, 0) is 11.3 Å². The summed E-state index contributed by atoms with van der Waals surface area (Å²) in [6.07, 6.45) is 5.14. The van der Waals surface area contributed by atoms with Crippen LogP contribution >= 0.6 is 11.6 Å². The molecular weight excluding hydrogens is 246 g/mol. The number of hydrogen-bond acceptors (Lipinski definition) is 2. The van der Waals surface area contributed by atoms with Crippen LogP contribution in [0.15, 0.2) is 24.3 Å². The second kappa shape index (κ2) is 5.02. The number of halogens is 1. The molecular formula is C15H18ClNO. The van der Waals surface area contributed by atoms with Crippen LogP contribution in [0, 0.1) is 0 Å². The van der Waals surface area contributed by atoms with Gasteiger partial charge < -0.3 is 0 Å². The van der Waals surface area contributed by atoms with Crippen molar-refractivity contribution in [3.8, 4) is 0 Å². The molecule has 0 spiro atoms. The first-order valence-electron chi connectivity index (χ1n) is 6.74. The third-order valence-corrected chi connectivity index (χ3v) is 4.47. The Kier molecular flexibility index (Phi) is 3.40. The van der Waals surface area contributed by atoms with E-state index in [1.807, 2.05) is 12.1 Å². The van der Waals surface area contributed by atoms with Crippen LogP contribution in [0.2, 0.25) is 5.02 Å². The van der Waals surface area contributed by atoms with Crippen molar-refractivity contribution in [1.82, 2.24) is 4.90 Å². The van der Waals surface area contributed by atoms with E-state index >= 15 is 0 Å². The number of rotatable bonds is 2. The molecule has 0 radical (unpaired) electrons. The maximum absolute atomic E-state index is 11.7. The number of Topliss-reactive ketones (excluding diaryl/α,β-unsaturated/α-hetero) is 1. The molecule has 2 fully saturated rings. The minimum Gasteiger partial charge on any atom is -0.300 e. The van der Waals surface area contributed by atoms with Gasteiger partial charge in [-0.15, -0.1) is 0 Å². The van der Waals surface area contributed by atoms with E-state index in [1.165, 1.54) is 24.8 Å². The minimum absolute atomic E-state index is 0.456. The zero-order valence-corrected chi connectivity index (χ0v) is 11.2. The third-order valence-electron chi connectivity index (χ3n) is 4.22. The van der Waals surface area contributed by atoms with Gasteiger partial charge in [-0.1, -0.05) is 30.2 Å². The quantitative estimate of drug-likeness (QED) is 0.815. The fourth-order valence-corrected chi connectivity index (χ4v) is 3.45. The van der Waals surface area contributed by atoms with Crippen LogP contribution in [0.5, 0.6) is 0 Å². The zero-order valence-electron chi connectivity index (χ0n) is 10.4. The standard InChI is InChI=1S/C15H18ClNO/c16-12-6-4-11(5-7-12)10-17-13-2-1-3-14(17)9-15(18)8-13/h4-7,13-14H,1-3,8-10H2.